The Bertz CT molecular complexity index is 977. The van der Waals surface area contributed by atoms with E-state index in [9.17, 15) is 9.90 Å². The Hall–Kier alpha value is -2.65. The first-order chi connectivity index (χ1) is 13.0. The van der Waals surface area contributed by atoms with Crippen molar-refractivity contribution in [3.05, 3.63) is 40.8 Å². The number of amides is 1. The number of likely N-dealkylation sites (tertiary alicyclic amines) is 1. The van der Waals surface area contributed by atoms with Crippen molar-refractivity contribution in [2.45, 2.75) is 32.4 Å². The zero-order chi connectivity index (χ0) is 19.0. The van der Waals surface area contributed by atoms with Gasteiger partial charge in [-0.15, -0.1) is 11.3 Å². The highest BCUT2D eigenvalue weighted by molar-refractivity contribution is 7.18. The molecule has 0 aliphatic carbocycles. The van der Waals surface area contributed by atoms with E-state index in [1.807, 2.05) is 26.0 Å². The van der Waals surface area contributed by atoms with Gasteiger partial charge in [0.15, 0.2) is 11.3 Å². The maximum Gasteiger partial charge on any atom is 0.274 e. The Balaban J connectivity index is 1.69. The summed E-state index contributed by atoms with van der Waals surface area (Å²) in [6.07, 6.45) is 3.61. The minimum absolute atomic E-state index is 0.0764. The van der Waals surface area contributed by atoms with Crippen LogP contribution >= 0.6 is 11.3 Å². The summed E-state index contributed by atoms with van der Waals surface area (Å²) in [4.78, 5) is 32.2. The quantitative estimate of drug-likeness (QED) is 0.710. The number of aliphatic hydroxyl groups is 1. The first kappa shape index (κ1) is 17.7. The van der Waals surface area contributed by atoms with Crippen LogP contribution in [0.2, 0.25) is 0 Å². The van der Waals surface area contributed by atoms with Crippen LogP contribution in [0, 0.1) is 6.92 Å². The smallest absolute Gasteiger partial charge is 0.274 e. The number of hydrogen-bond donors (Lipinski definition) is 2. The van der Waals surface area contributed by atoms with E-state index < -0.39 is 6.10 Å². The van der Waals surface area contributed by atoms with E-state index in [4.69, 9.17) is 0 Å². The van der Waals surface area contributed by atoms with Crippen LogP contribution < -0.4 is 5.32 Å². The molecule has 2 N–H and O–H groups in total. The van der Waals surface area contributed by atoms with Crippen LogP contribution in [0.4, 0.5) is 5.95 Å². The second kappa shape index (κ2) is 7.16. The highest BCUT2D eigenvalue weighted by atomic mass is 32.1. The number of β-amino-alcohol motifs (C(OH)–C–C–N with tert-alkyl or cyclic N) is 1. The molecule has 4 heterocycles. The molecule has 3 aromatic heterocycles. The van der Waals surface area contributed by atoms with Gasteiger partial charge in [-0.25, -0.2) is 9.97 Å². The molecule has 0 bridgehead atoms. The number of pyridine rings is 1. The molecule has 0 aromatic carbocycles. The molecule has 4 rings (SSSR count). The number of carbonyl (C=O) groups is 1. The summed E-state index contributed by atoms with van der Waals surface area (Å²) in [5, 5.41) is 13.8. The molecular weight excluding hydrogens is 364 g/mol. The van der Waals surface area contributed by atoms with Gasteiger partial charge in [0.05, 0.1) is 17.2 Å². The molecule has 1 saturated heterocycles. The summed E-state index contributed by atoms with van der Waals surface area (Å²) in [5.74, 6) is 0.159. The summed E-state index contributed by atoms with van der Waals surface area (Å²) in [6.45, 7) is 4.72. The van der Waals surface area contributed by atoms with Crippen molar-refractivity contribution >= 4 is 33.5 Å². The van der Waals surface area contributed by atoms with E-state index in [2.05, 4.69) is 25.3 Å². The fraction of sp³-hybridized carbons (Fsp3) is 0.389. The van der Waals surface area contributed by atoms with Crippen LogP contribution in [0.1, 0.15) is 40.4 Å². The van der Waals surface area contributed by atoms with E-state index in [0.717, 1.165) is 10.6 Å². The molecule has 0 radical (unpaired) electrons. The van der Waals surface area contributed by atoms with Crippen molar-refractivity contribution in [2.75, 3.05) is 18.4 Å². The summed E-state index contributed by atoms with van der Waals surface area (Å²) >= 11 is 1.41. The second-order valence-corrected chi connectivity index (χ2v) is 7.83. The molecule has 27 heavy (non-hydrogen) atoms. The fourth-order valence-electron chi connectivity index (χ4n) is 3.12. The average Bonchev–Trinajstić information content (AvgIpc) is 3.26. The standard InChI is InChI=1S/C18H20N6O2S/c1-10(12-4-3-6-19-8-12)20-18-22-14(15-16(23-18)21-11(2)27-15)17(26)24-7-5-13(25)9-24/h3-4,6,8,10,13,25H,5,7,9H2,1-2H3,(H,20,22,23)/t10-,13?/m0/s1. The highest BCUT2D eigenvalue weighted by Crippen LogP contribution is 2.27. The van der Waals surface area contributed by atoms with Gasteiger partial charge in [-0.1, -0.05) is 6.07 Å². The predicted octanol–water partition coefficient (Wildman–Crippen LogP) is 2.17. The first-order valence-corrected chi connectivity index (χ1v) is 9.62. The lowest BCUT2D eigenvalue weighted by Gasteiger charge is -2.17. The van der Waals surface area contributed by atoms with Gasteiger partial charge >= 0.3 is 0 Å². The monoisotopic (exact) mass is 384 g/mol. The molecule has 0 saturated carbocycles. The molecule has 1 unspecified atom stereocenters. The molecule has 0 spiro atoms. The molecule has 140 valence electrons. The van der Waals surface area contributed by atoms with Crippen LogP contribution in [0.15, 0.2) is 24.5 Å². The predicted molar refractivity (Wildman–Crippen MR) is 103 cm³/mol. The van der Waals surface area contributed by atoms with Gasteiger partial charge in [-0.05, 0) is 31.9 Å². The average molecular weight is 384 g/mol. The Morgan fingerprint density at radius 2 is 2.26 bits per heavy atom. The number of thiazole rings is 1. The molecule has 8 nitrogen and oxygen atoms in total. The first-order valence-electron chi connectivity index (χ1n) is 8.80. The Morgan fingerprint density at radius 3 is 2.96 bits per heavy atom. The number of fused-ring (bicyclic) bond motifs is 1. The van der Waals surface area contributed by atoms with Crippen molar-refractivity contribution in [1.82, 2.24) is 24.8 Å². The highest BCUT2D eigenvalue weighted by Gasteiger charge is 2.29. The topological polar surface area (TPSA) is 104 Å². The van der Waals surface area contributed by atoms with E-state index in [0.29, 0.717) is 41.5 Å². The minimum Gasteiger partial charge on any atom is -0.391 e. The largest absolute Gasteiger partial charge is 0.391 e. The maximum absolute atomic E-state index is 13.0. The number of hydrogen-bond acceptors (Lipinski definition) is 8. The number of anilines is 1. The van der Waals surface area contributed by atoms with Crippen molar-refractivity contribution in [3.8, 4) is 0 Å². The fourth-order valence-corrected chi connectivity index (χ4v) is 3.96. The lowest BCUT2D eigenvalue weighted by atomic mass is 10.1. The Labute approximate surface area is 160 Å². The molecular formula is C18H20N6O2S. The summed E-state index contributed by atoms with van der Waals surface area (Å²) in [6, 6.07) is 3.76. The number of nitrogens with one attached hydrogen (secondary N) is 1. The Morgan fingerprint density at radius 1 is 1.41 bits per heavy atom. The van der Waals surface area contributed by atoms with Crippen LogP contribution in [-0.2, 0) is 0 Å². The number of aryl methyl sites for hydroxylation is 1. The number of nitrogens with zero attached hydrogens (tertiary/aromatic N) is 5. The molecule has 9 heteroatoms. The molecule has 1 aliphatic rings. The number of aromatic nitrogens is 4. The number of carbonyl (C=O) groups excluding carboxylic acids is 1. The van der Waals surface area contributed by atoms with Crippen molar-refractivity contribution < 1.29 is 9.90 Å². The van der Waals surface area contributed by atoms with Gasteiger partial charge < -0.3 is 15.3 Å². The summed E-state index contributed by atoms with van der Waals surface area (Å²) in [5.41, 5.74) is 1.84. The zero-order valence-electron chi connectivity index (χ0n) is 15.1. The molecule has 1 fully saturated rings. The second-order valence-electron chi connectivity index (χ2n) is 6.63. The van der Waals surface area contributed by atoms with Crippen LogP contribution in [0.5, 0.6) is 0 Å². The minimum atomic E-state index is -0.474. The lowest BCUT2D eigenvalue weighted by Crippen LogP contribution is -2.30. The summed E-state index contributed by atoms with van der Waals surface area (Å²) < 4.78 is 0.679. The van der Waals surface area contributed by atoms with E-state index in [1.54, 1.807) is 17.3 Å². The summed E-state index contributed by atoms with van der Waals surface area (Å²) in [7, 11) is 0. The molecule has 1 amide bonds. The van der Waals surface area contributed by atoms with E-state index >= 15 is 0 Å². The van der Waals surface area contributed by atoms with Crippen LogP contribution in [0.25, 0.3) is 10.3 Å². The van der Waals surface area contributed by atoms with Gasteiger partial charge in [-0.2, -0.15) is 4.98 Å². The SMILES string of the molecule is Cc1nc2nc(N[C@@H](C)c3cccnc3)nc(C(=O)N3CCC(O)C3)c2s1. The van der Waals surface area contributed by atoms with Gasteiger partial charge in [0.2, 0.25) is 5.95 Å². The maximum atomic E-state index is 13.0. The van der Waals surface area contributed by atoms with Crippen LogP contribution in [0.3, 0.4) is 0 Å². The Kier molecular flexibility index (Phi) is 4.71. The van der Waals surface area contributed by atoms with Crippen molar-refractivity contribution in [3.63, 3.8) is 0 Å². The van der Waals surface area contributed by atoms with Crippen molar-refractivity contribution in [2.24, 2.45) is 0 Å². The normalized spacial score (nSPS) is 18.0. The third-order valence-electron chi connectivity index (χ3n) is 4.54. The van der Waals surface area contributed by atoms with E-state index in [1.165, 1.54) is 11.3 Å². The third-order valence-corrected chi connectivity index (χ3v) is 5.51. The third kappa shape index (κ3) is 3.60. The van der Waals surface area contributed by atoms with Gasteiger partial charge in [0.25, 0.3) is 5.91 Å². The number of rotatable bonds is 4. The van der Waals surface area contributed by atoms with Crippen LogP contribution in [-0.4, -0.2) is 55.0 Å². The van der Waals surface area contributed by atoms with Gasteiger partial charge in [0.1, 0.15) is 4.70 Å². The lowest BCUT2D eigenvalue weighted by molar-refractivity contribution is 0.0761. The molecule has 3 aromatic rings. The van der Waals surface area contributed by atoms with Gasteiger partial charge in [0, 0.05) is 25.5 Å². The number of aliphatic hydroxyl groups excluding tert-OH is 1. The van der Waals surface area contributed by atoms with E-state index in [-0.39, 0.29) is 11.9 Å². The van der Waals surface area contributed by atoms with Gasteiger partial charge in [-0.3, -0.25) is 9.78 Å². The van der Waals surface area contributed by atoms with Crippen molar-refractivity contribution in [1.29, 1.82) is 0 Å². The molecule has 1 aliphatic heterocycles. The molecule has 2 atom stereocenters. The zero-order valence-corrected chi connectivity index (χ0v) is 15.9.